The zero-order valence-electron chi connectivity index (χ0n) is 9.82. The van der Waals surface area contributed by atoms with E-state index in [2.05, 4.69) is 11.8 Å². The van der Waals surface area contributed by atoms with Gasteiger partial charge < -0.3 is 10.0 Å². The zero-order valence-corrected chi connectivity index (χ0v) is 10.6. The lowest BCUT2D eigenvalue weighted by Crippen LogP contribution is -2.46. The average Bonchev–Trinajstić information content (AvgIpc) is 2.22. The fourth-order valence-corrected chi connectivity index (χ4v) is 2.50. The third-order valence-corrected chi connectivity index (χ3v) is 3.52. The maximum Gasteiger partial charge on any atom is 0.337 e. The minimum absolute atomic E-state index is 0.168. The summed E-state index contributed by atoms with van der Waals surface area (Å²) in [4.78, 5) is 13.1. The highest BCUT2D eigenvalue weighted by molar-refractivity contribution is 6.33. The molecule has 1 aromatic rings. The van der Waals surface area contributed by atoms with Crippen molar-refractivity contribution >= 4 is 23.3 Å². The van der Waals surface area contributed by atoms with E-state index in [4.69, 9.17) is 16.7 Å². The Bertz CT molecular complexity index is 427. The van der Waals surface area contributed by atoms with Crippen molar-refractivity contribution in [2.24, 2.45) is 5.92 Å². The van der Waals surface area contributed by atoms with Gasteiger partial charge in [0.2, 0.25) is 0 Å². The SMILES string of the molecule is CCCC1CN(c2ccc(C(=O)O)c(Cl)c2)C1. The van der Waals surface area contributed by atoms with Crippen LogP contribution in [0.4, 0.5) is 5.69 Å². The Hall–Kier alpha value is -1.22. The molecule has 0 saturated carbocycles. The Kier molecular flexibility index (Phi) is 3.57. The summed E-state index contributed by atoms with van der Waals surface area (Å²) < 4.78 is 0. The number of hydrogen-bond donors (Lipinski definition) is 1. The van der Waals surface area contributed by atoms with E-state index in [0.29, 0.717) is 5.02 Å². The normalized spacial score (nSPS) is 15.8. The van der Waals surface area contributed by atoms with Crippen molar-refractivity contribution in [3.05, 3.63) is 28.8 Å². The molecule has 0 radical (unpaired) electrons. The van der Waals surface area contributed by atoms with Crippen LogP contribution in [0.25, 0.3) is 0 Å². The van der Waals surface area contributed by atoms with Crippen LogP contribution in [0.2, 0.25) is 5.02 Å². The fraction of sp³-hybridized carbons (Fsp3) is 0.462. The average molecular weight is 254 g/mol. The molecular weight excluding hydrogens is 238 g/mol. The van der Waals surface area contributed by atoms with Crippen molar-refractivity contribution in [2.45, 2.75) is 19.8 Å². The van der Waals surface area contributed by atoms with Crippen LogP contribution in [0.15, 0.2) is 18.2 Å². The summed E-state index contributed by atoms with van der Waals surface area (Å²) in [5.74, 6) is -0.202. The first-order chi connectivity index (χ1) is 8.11. The van der Waals surface area contributed by atoms with E-state index in [0.717, 1.165) is 24.7 Å². The smallest absolute Gasteiger partial charge is 0.337 e. The predicted octanol–water partition coefficient (Wildman–Crippen LogP) is 3.27. The molecule has 0 aliphatic carbocycles. The van der Waals surface area contributed by atoms with Gasteiger partial charge in [-0.1, -0.05) is 24.9 Å². The summed E-state index contributed by atoms with van der Waals surface area (Å²) in [6, 6.07) is 5.15. The molecule has 1 saturated heterocycles. The summed E-state index contributed by atoms with van der Waals surface area (Å²) in [7, 11) is 0. The van der Waals surface area contributed by atoms with Crippen LogP contribution in [-0.2, 0) is 0 Å². The zero-order chi connectivity index (χ0) is 12.4. The Morgan fingerprint density at radius 3 is 2.76 bits per heavy atom. The number of anilines is 1. The highest BCUT2D eigenvalue weighted by Crippen LogP contribution is 2.30. The number of hydrogen-bond acceptors (Lipinski definition) is 2. The molecule has 92 valence electrons. The molecule has 0 atom stereocenters. The topological polar surface area (TPSA) is 40.5 Å². The number of rotatable bonds is 4. The van der Waals surface area contributed by atoms with Gasteiger partial charge in [0.25, 0.3) is 0 Å². The monoisotopic (exact) mass is 253 g/mol. The van der Waals surface area contributed by atoms with Crippen LogP contribution in [0.5, 0.6) is 0 Å². The molecule has 2 rings (SSSR count). The summed E-state index contributed by atoms with van der Waals surface area (Å²) >= 11 is 5.94. The maximum absolute atomic E-state index is 10.8. The van der Waals surface area contributed by atoms with E-state index >= 15 is 0 Å². The summed E-state index contributed by atoms with van der Waals surface area (Å²) in [5.41, 5.74) is 1.19. The number of carbonyl (C=O) groups is 1. The molecule has 0 bridgehead atoms. The lowest BCUT2D eigenvalue weighted by atomic mass is 9.94. The molecule has 4 heteroatoms. The standard InChI is InChI=1S/C13H16ClNO2/c1-2-3-9-7-15(8-9)10-4-5-11(13(16)17)12(14)6-10/h4-6,9H,2-3,7-8H2,1H3,(H,16,17). The quantitative estimate of drug-likeness (QED) is 0.895. The molecule has 1 aromatic carbocycles. The highest BCUT2D eigenvalue weighted by atomic mass is 35.5. The predicted molar refractivity (Wildman–Crippen MR) is 69.0 cm³/mol. The van der Waals surface area contributed by atoms with E-state index in [-0.39, 0.29) is 5.56 Å². The van der Waals surface area contributed by atoms with E-state index in [1.54, 1.807) is 12.1 Å². The molecule has 1 fully saturated rings. The van der Waals surface area contributed by atoms with Crippen LogP contribution >= 0.6 is 11.6 Å². The van der Waals surface area contributed by atoms with Crippen molar-refractivity contribution in [1.29, 1.82) is 0 Å². The number of nitrogens with zero attached hydrogens (tertiary/aromatic N) is 1. The Morgan fingerprint density at radius 1 is 1.53 bits per heavy atom. The molecule has 0 amide bonds. The van der Waals surface area contributed by atoms with Crippen LogP contribution in [0.1, 0.15) is 30.1 Å². The van der Waals surface area contributed by atoms with Gasteiger partial charge in [0.1, 0.15) is 0 Å². The lowest BCUT2D eigenvalue weighted by Gasteiger charge is -2.41. The number of carboxylic acid groups (broad SMARTS) is 1. The molecule has 3 nitrogen and oxygen atoms in total. The largest absolute Gasteiger partial charge is 0.478 e. The number of benzene rings is 1. The summed E-state index contributed by atoms with van der Waals surface area (Å²) in [5, 5.41) is 9.19. The fourth-order valence-electron chi connectivity index (χ4n) is 2.25. The van der Waals surface area contributed by atoms with Crippen molar-refractivity contribution in [3.63, 3.8) is 0 Å². The van der Waals surface area contributed by atoms with Gasteiger partial charge in [0, 0.05) is 18.8 Å². The van der Waals surface area contributed by atoms with Crippen LogP contribution in [0.3, 0.4) is 0 Å². The molecule has 0 aromatic heterocycles. The summed E-state index contributed by atoms with van der Waals surface area (Å²) in [6.07, 6.45) is 2.48. The molecular formula is C13H16ClNO2. The van der Waals surface area contributed by atoms with Gasteiger partial charge >= 0.3 is 5.97 Å². The molecule has 1 aliphatic rings. The Labute approximate surface area is 106 Å². The second-order valence-electron chi connectivity index (χ2n) is 4.53. The van der Waals surface area contributed by atoms with Crippen molar-refractivity contribution in [1.82, 2.24) is 0 Å². The van der Waals surface area contributed by atoms with Gasteiger partial charge in [0.15, 0.2) is 0 Å². The summed E-state index contributed by atoms with van der Waals surface area (Å²) in [6.45, 7) is 4.30. The molecule has 1 aliphatic heterocycles. The van der Waals surface area contributed by atoms with Crippen molar-refractivity contribution in [2.75, 3.05) is 18.0 Å². The minimum Gasteiger partial charge on any atom is -0.478 e. The van der Waals surface area contributed by atoms with E-state index in [1.165, 1.54) is 12.8 Å². The van der Waals surface area contributed by atoms with Crippen LogP contribution in [-0.4, -0.2) is 24.2 Å². The highest BCUT2D eigenvalue weighted by Gasteiger charge is 2.26. The van der Waals surface area contributed by atoms with Gasteiger partial charge in [-0.05, 0) is 30.5 Å². The van der Waals surface area contributed by atoms with Crippen LogP contribution in [0, 0.1) is 5.92 Å². The van der Waals surface area contributed by atoms with Gasteiger partial charge in [-0.3, -0.25) is 0 Å². The van der Waals surface area contributed by atoms with Gasteiger partial charge in [0.05, 0.1) is 10.6 Å². The number of aromatic carboxylic acids is 1. The first-order valence-electron chi connectivity index (χ1n) is 5.89. The second-order valence-corrected chi connectivity index (χ2v) is 4.94. The van der Waals surface area contributed by atoms with Crippen LogP contribution < -0.4 is 4.90 Å². The molecule has 17 heavy (non-hydrogen) atoms. The Balaban J connectivity index is 2.04. The minimum atomic E-state index is -0.978. The van der Waals surface area contributed by atoms with Gasteiger partial charge in [-0.25, -0.2) is 4.79 Å². The van der Waals surface area contributed by atoms with E-state index in [9.17, 15) is 4.79 Å². The first-order valence-corrected chi connectivity index (χ1v) is 6.27. The molecule has 1 N–H and O–H groups in total. The number of halogens is 1. The van der Waals surface area contributed by atoms with Gasteiger partial charge in [-0.2, -0.15) is 0 Å². The van der Waals surface area contributed by atoms with Crippen molar-refractivity contribution in [3.8, 4) is 0 Å². The lowest BCUT2D eigenvalue weighted by molar-refractivity contribution is 0.0697. The first kappa shape index (κ1) is 12.2. The van der Waals surface area contributed by atoms with Gasteiger partial charge in [-0.15, -0.1) is 0 Å². The van der Waals surface area contributed by atoms with E-state index in [1.807, 2.05) is 6.07 Å². The Morgan fingerprint density at radius 2 is 2.24 bits per heavy atom. The maximum atomic E-state index is 10.8. The van der Waals surface area contributed by atoms with E-state index < -0.39 is 5.97 Å². The number of carboxylic acids is 1. The molecule has 0 spiro atoms. The van der Waals surface area contributed by atoms with Crippen molar-refractivity contribution < 1.29 is 9.90 Å². The second kappa shape index (κ2) is 4.96. The molecule has 1 heterocycles. The molecule has 0 unspecified atom stereocenters. The third-order valence-electron chi connectivity index (χ3n) is 3.20. The third kappa shape index (κ3) is 2.55.